The Kier molecular flexibility index (Phi) is 6.50. The molecular formula is C20H29ClN2O2. The molecule has 1 aromatic rings. The van der Waals surface area contributed by atoms with Gasteiger partial charge in [0, 0.05) is 22.9 Å². The summed E-state index contributed by atoms with van der Waals surface area (Å²) >= 11 is 6.02. The zero-order valence-electron chi connectivity index (χ0n) is 15.4. The van der Waals surface area contributed by atoms with Crippen molar-refractivity contribution in [2.24, 2.45) is 11.1 Å². The highest BCUT2D eigenvalue weighted by Crippen LogP contribution is 2.45. The Balaban J connectivity index is 2.34. The summed E-state index contributed by atoms with van der Waals surface area (Å²) in [6.07, 6.45) is 4.26. The third kappa shape index (κ3) is 4.35. The minimum atomic E-state index is -0.513. The minimum Gasteiger partial charge on any atom is -0.370 e. The number of rotatable bonds is 7. The van der Waals surface area contributed by atoms with Gasteiger partial charge in [-0.25, -0.2) is 0 Å². The van der Waals surface area contributed by atoms with Gasteiger partial charge in [0.25, 0.3) is 0 Å². The third-order valence-electron chi connectivity index (χ3n) is 5.57. The van der Waals surface area contributed by atoms with E-state index in [4.69, 9.17) is 17.3 Å². The van der Waals surface area contributed by atoms with E-state index in [0.29, 0.717) is 11.4 Å². The first-order valence-electron chi connectivity index (χ1n) is 9.19. The molecule has 2 rings (SSSR count). The summed E-state index contributed by atoms with van der Waals surface area (Å²) in [5.41, 5.74) is 5.93. The maximum atomic E-state index is 13.4. The molecule has 0 aliphatic carbocycles. The number of nitrogens with two attached hydrogens (primary N) is 1. The van der Waals surface area contributed by atoms with Crippen molar-refractivity contribution in [1.29, 1.82) is 0 Å². The Labute approximate surface area is 155 Å². The molecule has 0 spiro atoms. The van der Waals surface area contributed by atoms with E-state index >= 15 is 0 Å². The molecule has 0 bridgehead atoms. The van der Waals surface area contributed by atoms with Crippen LogP contribution in [-0.4, -0.2) is 22.8 Å². The van der Waals surface area contributed by atoms with E-state index in [1.807, 2.05) is 31.2 Å². The van der Waals surface area contributed by atoms with E-state index in [1.54, 1.807) is 0 Å². The quantitative estimate of drug-likeness (QED) is 0.776. The number of halogens is 1. The number of nitrogens with zero attached hydrogens (tertiary/aromatic N) is 1. The van der Waals surface area contributed by atoms with E-state index in [1.165, 1.54) is 0 Å². The van der Waals surface area contributed by atoms with Gasteiger partial charge in [0.2, 0.25) is 11.8 Å². The van der Waals surface area contributed by atoms with Crippen LogP contribution in [0.1, 0.15) is 70.9 Å². The summed E-state index contributed by atoms with van der Waals surface area (Å²) in [7, 11) is 0. The van der Waals surface area contributed by atoms with Crippen molar-refractivity contribution in [3.63, 3.8) is 0 Å². The van der Waals surface area contributed by atoms with Crippen LogP contribution in [0.2, 0.25) is 5.02 Å². The van der Waals surface area contributed by atoms with E-state index in [-0.39, 0.29) is 30.3 Å². The van der Waals surface area contributed by atoms with Gasteiger partial charge < -0.3 is 10.6 Å². The Morgan fingerprint density at radius 3 is 2.44 bits per heavy atom. The van der Waals surface area contributed by atoms with Gasteiger partial charge in [-0.1, -0.05) is 44.5 Å². The lowest BCUT2D eigenvalue weighted by atomic mass is 9.73. The number of amides is 2. The van der Waals surface area contributed by atoms with Crippen molar-refractivity contribution in [2.45, 2.75) is 71.4 Å². The molecule has 2 atom stereocenters. The summed E-state index contributed by atoms with van der Waals surface area (Å²) in [6.45, 7) is 6.22. The molecule has 0 radical (unpaired) electrons. The van der Waals surface area contributed by atoms with E-state index in [9.17, 15) is 9.59 Å². The van der Waals surface area contributed by atoms with Crippen LogP contribution >= 0.6 is 11.6 Å². The van der Waals surface area contributed by atoms with Crippen LogP contribution in [0.25, 0.3) is 0 Å². The summed E-state index contributed by atoms with van der Waals surface area (Å²) in [6, 6.07) is 8.06. The zero-order valence-corrected chi connectivity index (χ0v) is 16.2. The molecule has 5 heteroatoms. The van der Waals surface area contributed by atoms with Gasteiger partial charge in [-0.15, -0.1) is 0 Å². The van der Waals surface area contributed by atoms with Gasteiger partial charge in [0.15, 0.2) is 0 Å². The highest BCUT2D eigenvalue weighted by molar-refractivity contribution is 6.30. The number of likely N-dealkylation sites (tertiary alicyclic amines) is 1. The van der Waals surface area contributed by atoms with Crippen molar-refractivity contribution in [3.8, 4) is 0 Å². The van der Waals surface area contributed by atoms with Crippen LogP contribution < -0.4 is 5.73 Å². The lowest BCUT2D eigenvalue weighted by Gasteiger charge is -2.48. The molecule has 0 aromatic heterocycles. The van der Waals surface area contributed by atoms with Crippen molar-refractivity contribution >= 4 is 23.4 Å². The number of carbonyl (C=O) groups is 2. The van der Waals surface area contributed by atoms with Gasteiger partial charge in [0.1, 0.15) is 0 Å². The average molecular weight is 365 g/mol. The van der Waals surface area contributed by atoms with Crippen molar-refractivity contribution in [3.05, 3.63) is 34.9 Å². The topological polar surface area (TPSA) is 63.4 Å². The Bertz CT molecular complexity index is 613. The van der Waals surface area contributed by atoms with Crippen LogP contribution in [-0.2, 0) is 9.59 Å². The standard InChI is InChI=1S/C20H29ClN2O2/c1-4-16(5-2)23-17(14-6-8-15(21)9-7-14)10-12-20(3,19(23)25)13-11-18(22)24/h6-9,16-17H,4-5,10-13H2,1-3H3,(H2,22,24)/t17?,20-/m1/s1. The summed E-state index contributed by atoms with van der Waals surface area (Å²) in [4.78, 5) is 26.7. The van der Waals surface area contributed by atoms with Crippen LogP contribution in [0.5, 0.6) is 0 Å². The molecule has 138 valence electrons. The summed E-state index contributed by atoms with van der Waals surface area (Å²) < 4.78 is 0. The minimum absolute atomic E-state index is 0.0660. The van der Waals surface area contributed by atoms with Crippen molar-refractivity contribution in [1.82, 2.24) is 4.90 Å². The second kappa shape index (κ2) is 8.22. The van der Waals surface area contributed by atoms with Gasteiger partial charge in [0.05, 0.1) is 6.04 Å². The first-order chi connectivity index (χ1) is 11.8. The van der Waals surface area contributed by atoms with E-state index in [0.717, 1.165) is 31.2 Å². The van der Waals surface area contributed by atoms with Crippen LogP contribution in [0.15, 0.2) is 24.3 Å². The molecule has 1 unspecified atom stereocenters. The molecule has 2 N–H and O–H groups in total. The molecule has 1 saturated heterocycles. The fourth-order valence-corrected chi connectivity index (χ4v) is 4.03. The first kappa shape index (κ1) is 19.8. The average Bonchev–Trinajstić information content (AvgIpc) is 2.59. The summed E-state index contributed by atoms with van der Waals surface area (Å²) in [5.74, 6) is -0.198. The molecule has 1 heterocycles. The molecule has 25 heavy (non-hydrogen) atoms. The van der Waals surface area contributed by atoms with Gasteiger partial charge >= 0.3 is 0 Å². The van der Waals surface area contributed by atoms with Crippen LogP contribution in [0, 0.1) is 5.41 Å². The monoisotopic (exact) mass is 364 g/mol. The maximum Gasteiger partial charge on any atom is 0.229 e. The zero-order chi connectivity index (χ0) is 18.6. The molecule has 1 aliphatic rings. The fraction of sp³-hybridized carbons (Fsp3) is 0.600. The molecule has 1 aromatic carbocycles. The lowest BCUT2D eigenvalue weighted by Crippen LogP contribution is -2.53. The van der Waals surface area contributed by atoms with Crippen LogP contribution in [0.3, 0.4) is 0 Å². The predicted octanol–water partition coefficient (Wildman–Crippen LogP) is 4.46. The normalized spacial score (nSPS) is 24.0. The van der Waals surface area contributed by atoms with Crippen LogP contribution in [0.4, 0.5) is 0 Å². The molecule has 1 fully saturated rings. The lowest BCUT2D eigenvalue weighted by molar-refractivity contribution is -0.154. The van der Waals surface area contributed by atoms with Gasteiger partial charge in [-0.3, -0.25) is 9.59 Å². The number of piperidine rings is 1. The number of hydrogen-bond acceptors (Lipinski definition) is 2. The second-order valence-electron chi connectivity index (χ2n) is 7.32. The SMILES string of the molecule is CCC(CC)N1C(=O)[C@@](C)(CCC(N)=O)CCC1c1ccc(Cl)cc1. The molecule has 2 amide bonds. The maximum absolute atomic E-state index is 13.4. The third-order valence-corrected chi connectivity index (χ3v) is 5.82. The van der Waals surface area contributed by atoms with Gasteiger partial charge in [-0.05, 0) is 49.8 Å². The molecule has 4 nitrogen and oxygen atoms in total. The largest absolute Gasteiger partial charge is 0.370 e. The highest BCUT2D eigenvalue weighted by atomic mass is 35.5. The Hall–Kier alpha value is -1.55. The number of primary amides is 1. The fourth-order valence-electron chi connectivity index (χ4n) is 3.90. The molecule has 1 aliphatic heterocycles. The van der Waals surface area contributed by atoms with E-state index in [2.05, 4.69) is 18.7 Å². The van der Waals surface area contributed by atoms with Gasteiger partial charge in [-0.2, -0.15) is 0 Å². The smallest absolute Gasteiger partial charge is 0.229 e. The number of hydrogen-bond donors (Lipinski definition) is 1. The molecular weight excluding hydrogens is 336 g/mol. The van der Waals surface area contributed by atoms with Crippen molar-refractivity contribution in [2.75, 3.05) is 0 Å². The molecule has 0 saturated carbocycles. The Morgan fingerprint density at radius 2 is 1.92 bits per heavy atom. The number of carbonyl (C=O) groups excluding carboxylic acids is 2. The van der Waals surface area contributed by atoms with E-state index < -0.39 is 5.41 Å². The number of benzene rings is 1. The van der Waals surface area contributed by atoms with Crippen molar-refractivity contribution < 1.29 is 9.59 Å². The highest BCUT2D eigenvalue weighted by Gasteiger charge is 2.45. The predicted molar refractivity (Wildman–Crippen MR) is 101 cm³/mol. The second-order valence-corrected chi connectivity index (χ2v) is 7.75. The first-order valence-corrected chi connectivity index (χ1v) is 9.56. The summed E-state index contributed by atoms with van der Waals surface area (Å²) in [5, 5.41) is 0.700. The Morgan fingerprint density at radius 1 is 1.32 bits per heavy atom.